The van der Waals surface area contributed by atoms with Crippen LogP contribution in [-0.4, -0.2) is 35.8 Å². The SMILES string of the molecule is CCOC(=O)c1ccc(-n2c(C)cc(/C=N\NC(=O)CNc3ccc(Br)cc3)c2C)cc1. The third-order valence-electron chi connectivity index (χ3n) is 4.80. The van der Waals surface area contributed by atoms with Crippen LogP contribution >= 0.6 is 15.9 Å². The Labute approximate surface area is 195 Å². The number of esters is 1. The van der Waals surface area contributed by atoms with Crippen LogP contribution in [0.1, 0.15) is 34.2 Å². The summed E-state index contributed by atoms with van der Waals surface area (Å²) in [5.41, 5.74) is 7.70. The molecule has 0 unspecified atom stereocenters. The summed E-state index contributed by atoms with van der Waals surface area (Å²) >= 11 is 3.38. The van der Waals surface area contributed by atoms with E-state index in [1.807, 2.05) is 56.3 Å². The van der Waals surface area contributed by atoms with Gasteiger partial charge in [-0.3, -0.25) is 4.79 Å². The van der Waals surface area contributed by atoms with Crippen LogP contribution in [0.2, 0.25) is 0 Å². The second-order valence-corrected chi connectivity index (χ2v) is 8.00. The molecule has 1 amide bonds. The molecule has 32 heavy (non-hydrogen) atoms. The number of anilines is 1. The normalized spacial score (nSPS) is 10.9. The van der Waals surface area contributed by atoms with Crippen molar-refractivity contribution in [2.75, 3.05) is 18.5 Å². The molecule has 0 saturated heterocycles. The Hall–Kier alpha value is -3.39. The molecule has 166 valence electrons. The Morgan fingerprint density at radius 1 is 1.09 bits per heavy atom. The Morgan fingerprint density at radius 3 is 2.44 bits per heavy atom. The Kier molecular flexibility index (Phi) is 7.83. The first-order valence-electron chi connectivity index (χ1n) is 10.2. The van der Waals surface area contributed by atoms with Crippen LogP contribution < -0.4 is 10.7 Å². The predicted molar refractivity (Wildman–Crippen MR) is 130 cm³/mol. The van der Waals surface area contributed by atoms with Gasteiger partial charge < -0.3 is 14.6 Å². The Bertz CT molecular complexity index is 1120. The summed E-state index contributed by atoms with van der Waals surface area (Å²) in [6.07, 6.45) is 1.63. The molecule has 0 atom stereocenters. The number of rotatable bonds is 8. The van der Waals surface area contributed by atoms with Crippen LogP contribution in [-0.2, 0) is 9.53 Å². The molecule has 1 aromatic heterocycles. The van der Waals surface area contributed by atoms with E-state index in [0.29, 0.717) is 12.2 Å². The van der Waals surface area contributed by atoms with Gasteiger partial charge in [0.1, 0.15) is 0 Å². The van der Waals surface area contributed by atoms with E-state index in [1.165, 1.54) is 0 Å². The van der Waals surface area contributed by atoms with Crippen molar-refractivity contribution in [2.24, 2.45) is 5.10 Å². The fourth-order valence-corrected chi connectivity index (χ4v) is 3.50. The van der Waals surface area contributed by atoms with Crippen molar-refractivity contribution in [3.8, 4) is 5.69 Å². The maximum absolute atomic E-state index is 12.0. The number of aromatic nitrogens is 1. The van der Waals surface area contributed by atoms with Crippen molar-refractivity contribution in [2.45, 2.75) is 20.8 Å². The maximum atomic E-state index is 12.0. The molecule has 0 aliphatic heterocycles. The quantitative estimate of drug-likeness (QED) is 0.271. The maximum Gasteiger partial charge on any atom is 0.338 e. The monoisotopic (exact) mass is 496 g/mol. The van der Waals surface area contributed by atoms with Crippen molar-refractivity contribution in [1.82, 2.24) is 9.99 Å². The Morgan fingerprint density at radius 2 is 1.78 bits per heavy atom. The number of halogens is 1. The van der Waals surface area contributed by atoms with Crippen LogP contribution in [0, 0.1) is 13.8 Å². The molecule has 3 rings (SSSR count). The predicted octanol–water partition coefficient (Wildman–Crippen LogP) is 4.60. The van der Waals surface area contributed by atoms with Crippen LogP contribution in [0.3, 0.4) is 0 Å². The minimum Gasteiger partial charge on any atom is -0.462 e. The van der Waals surface area contributed by atoms with Crippen molar-refractivity contribution in [3.05, 3.63) is 81.6 Å². The fraction of sp³-hybridized carbons (Fsp3) is 0.208. The summed E-state index contributed by atoms with van der Waals surface area (Å²) < 4.78 is 8.07. The number of carbonyl (C=O) groups excluding carboxylic acids is 2. The molecule has 3 aromatic rings. The first-order chi connectivity index (χ1) is 15.4. The molecule has 0 bridgehead atoms. The van der Waals surface area contributed by atoms with E-state index in [9.17, 15) is 9.59 Å². The number of nitrogens with zero attached hydrogens (tertiary/aromatic N) is 2. The zero-order valence-corrected chi connectivity index (χ0v) is 19.8. The first-order valence-corrected chi connectivity index (χ1v) is 11.0. The van der Waals surface area contributed by atoms with Gasteiger partial charge in [0.25, 0.3) is 5.91 Å². The number of ether oxygens (including phenoxy) is 1. The molecule has 0 radical (unpaired) electrons. The lowest BCUT2D eigenvalue weighted by Crippen LogP contribution is -2.25. The molecule has 2 aromatic carbocycles. The lowest BCUT2D eigenvalue weighted by atomic mass is 10.2. The second-order valence-electron chi connectivity index (χ2n) is 7.08. The number of amides is 1. The van der Waals surface area contributed by atoms with Gasteiger partial charge in [0, 0.05) is 32.8 Å². The highest BCUT2D eigenvalue weighted by Gasteiger charge is 2.11. The summed E-state index contributed by atoms with van der Waals surface area (Å²) in [6, 6.07) is 16.8. The van der Waals surface area contributed by atoms with Gasteiger partial charge in [0.05, 0.1) is 24.9 Å². The van der Waals surface area contributed by atoms with E-state index in [0.717, 1.165) is 32.8 Å². The lowest BCUT2D eigenvalue weighted by molar-refractivity contribution is -0.119. The van der Waals surface area contributed by atoms with E-state index < -0.39 is 0 Å². The van der Waals surface area contributed by atoms with Crippen molar-refractivity contribution in [3.63, 3.8) is 0 Å². The molecule has 7 nitrogen and oxygen atoms in total. The molecule has 1 heterocycles. The highest BCUT2D eigenvalue weighted by Crippen LogP contribution is 2.20. The molecule has 0 spiro atoms. The van der Waals surface area contributed by atoms with Crippen molar-refractivity contribution < 1.29 is 14.3 Å². The number of benzene rings is 2. The minimum atomic E-state index is -0.335. The summed E-state index contributed by atoms with van der Waals surface area (Å²) in [5.74, 6) is -0.578. The van der Waals surface area contributed by atoms with Crippen LogP contribution in [0.4, 0.5) is 5.69 Å². The van der Waals surface area contributed by atoms with E-state index >= 15 is 0 Å². The minimum absolute atomic E-state index is 0.116. The number of carbonyl (C=O) groups is 2. The van der Waals surface area contributed by atoms with Crippen LogP contribution in [0.25, 0.3) is 5.69 Å². The average Bonchev–Trinajstić information content (AvgIpc) is 3.06. The van der Waals surface area contributed by atoms with E-state index in [1.54, 1.807) is 25.3 Å². The van der Waals surface area contributed by atoms with Gasteiger partial charge in [0.15, 0.2) is 0 Å². The lowest BCUT2D eigenvalue weighted by Gasteiger charge is -2.10. The zero-order chi connectivity index (χ0) is 23.1. The number of hydrogen-bond acceptors (Lipinski definition) is 5. The van der Waals surface area contributed by atoms with Gasteiger partial charge in [-0.15, -0.1) is 0 Å². The summed E-state index contributed by atoms with van der Waals surface area (Å²) in [4.78, 5) is 23.9. The van der Waals surface area contributed by atoms with Gasteiger partial charge in [-0.25, -0.2) is 10.2 Å². The van der Waals surface area contributed by atoms with Gasteiger partial charge in [-0.2, -0.15) is 5.10 Å². The van der Waals surface area contributed by atoms with Gasteiger partial charge in [-0.05, 0) is 75.4 Å². The van der Waals surface area contributed by atoms with E-state index in [4.69, 9.17) is 4.74 Å². The van der Waals surface area contributed by atoms with Crippen LogP contribution in [0.5, 0.6) is 0 Å². The van der Waals surface area contributed by atoms with Gasteiger partial charge in [0.2, 0.25) is 0 Å². The van der Waals surface area contributed by atoms with Gasteiger partial charge in [-0.1, -0.05) is 15.9 Å². The highest BCUT2D eigenvalue weighted by atomic mass is 79.9. The van der Waals surface area contributed by atoms with Crippen molar-refractivity contribution >= 4 is 39.7 Å². The summed E-state index contributed by atoms with van der Waals surface area (Å²) in [5, 5.41) is 7.13. The summed E-state index contributed by atoms with van der Waals surface area (Å²) in [6.45, 7) is 6.21. The molecule has 0 fully saturated rings. The molecule has 0 saturated carbocycles. The number of hydrazone groups is 1. The third-order valence-corrected chi connectivity index (χ3v) is 5.33. The largest absolute Gasteiger partial charge is 0.462 e. The molecule has 0 aliphatic rings. The average molecular weight is 497 g/mol. The number of aryl methyl sites for hydroxylation is 1. The topological polar surface area (TPSA) is 84.7 Å². The number of hydrogen-bond donors (Lipinski definition) is 2. The molecule has 8 heteroatoms. The molecule has 2 N–H and O–H groups in total. The molecular weight excluding hydrogens is 472 g/mol. The Balaban J connectivity index is 1.62. The van der Waals surface area contributed by atoms with E-state index in [2.05, 4.69) is 36.3 Å². The standard InChI is InChI=1S/C24H25BrN4O3/c1-4-32-24(31)18-5-11-22(12-6-18)29-16(2)13-19(17(29)3)14-27-28-23(30)15-26-21-9-7-20(25)8-10-21/h5-14,26H,4,15H2,1-3H3,(H,28,30)/b27-14-. The number of nitrogens with one attached hydrogen (secondary N) is 2. The molecule has 0 aliphatic carbocycles. The van der Waals surface area contributed by atoms with Crippen molar-refractivity contribution in [1.29, 1.82) is 0 Å². The molecular formula is C24H25BrN4O3. The van der Waals surface area contributed by atoms with Crippen LogP contribution in [0.15, 0.2) is 64.2 Å². The fourth-order valence-electron chi connectivity index (χ4n) is 3.24. The smallest absolute Gasteiger partial charge is 0.338 e. The summed E-state index contributed by atoms with van der Waals surface area (Å²) in [7, 11) is 0. The zero-order valence-electron chi connectivity index (χ0n) is 18.2. The first kappa shape index (κ1) is 23.3. The second kappa shape index (κ2) is 10.8. The highest BCUT2D eigenvalue weighted by molar-refractivity contribution is 9.10. The van der Waals surface area contributed by atoms with Gasteiger partial charge >= 0.3 is 5.97 Å². The van der Waals surface area contributed by atoms with E-state index in [-0.39, 0.29) is 18.4 Å². The third kappa shape index (κ3) is 5.85.